The third-order valence-corrected chi connectivity index (χ3v) is 6.83. The lowest BCUT2D eigenvalue weighted by atomic mass is 10.0. The van der Waals surface area contributed by atoms with Gasteiger partial charge in [-0.2, -0.15) is 0 Å². The summed E-state index contributed by atoms with van der Waals surface area (Å²) in [6.07, 6.45) is 1.17. The molecular formula is C28H30ClIN2O3. The maximum absolute atomic E-state index is 13.6. The molecule has 0 aliphatic rings. The second kappa shape index (κ2) is 13.5. The molecule has 0 aliphatic carbocycles. The Bertz CT molecular complexity index is 1110. The van der Waals surface area contributed by atoms with Crippen LogP contribution in [0.4, 0.5) is 0 Å². The lowest BCUT2D eigenvalue weighted by molar-refractivity contribution is -0.143. The van der Waals surface area contributed by atoms with E-state index >= 15 is 0 Å². The summed E-state index contributed by atoms with van der Waals surface area (Å²) < 4.78 is 6.87. The molecule has 0 saturated carbocycles. The summed E-state index contributed by atoms with van der Waals surface area (Å²) in [7, 11) is 0. The van der Waals surface area contributed by atoms with E-state index < -0.39 is 6.04 Å². The first kappa shape index (κ1) is 27.0. The van der Waals surface area contributed by atoms with Crippen molar-refractivity contribution in [3.8, 4) is 5.75 Å². The van der Waals surface area contributed by atoms with Crippen LogP contribution in [0.15, 0.2) is 78.9 Å². The summed E-state index contributed by atoms with van der Waals surface area (Å²) in [6.45, 7) is 3.98. The van der Waals surface area contributed by atoms with Gasteiger partial charge in [-0.3, -0.25) is 9.59 Å². The Hall–Kier alpha value is -2.58. The van der Waals surface area contributed by atoms with Crippen molar-refractivity contribution < 1.29 is 14.3 Å². The maximum Gasteiger partial charge on any atom is 0.261 e. The van der Waals surface area contributed by atoms with E-state index in [-0.39, 0.29) is 31.0 Å². The zero-order valence-corrected chi connectivity index (χ0v) is 22.8. The Morgan fingerprint density at radius 3 is 2.31 bits per heavy atom. The third-order valence-electron chi connectivity index (χ3n) is 5.75. The predicted molar refractivity (Wildman–Crippen MR) is 148 cm³/mol. The van der Waals surface area contributed by atoms with E-state index in [0.29, 0.717) is 17.2 Å². The molecule has 0 heterocycles. The minimum atomic E-state index is -0.726. The van der Waals surface area contributed by atoms with Crippen LogP contribution in [0.25, 0.3) is 0 Å². The summed E-state index contributed by atoms with van der Waals surface area (Å²) in [6, 6.07) is 23.8. The van der Waals surface area contributed by atoms with Crippen molar-refractivity contribution in [2.24, 2.45) is 0 Å². The first-order valence-corrected chi connectivity index (χ1v) is 13.1. The Labute approximate surface area is 226 Å². The molecule has 0 bridgehead atoms. The van der Waals surface area contributed by atoms with Gasteiger partial charge in [0, 0.05) is 27.6 Å². The number of nitrogens with zero attached hydrogens (tertiary/aromatic N) is 1. The number of benzene rings is 3. The van der Waals surface area contributed by atoms with Crippen LogP contribution in [0.2, 0.25) is 5.02 Å². The van der Waals surface area contributed by atoms with Crippen LogP contribution < -0.4 is 10.1 Å². The average molecular weight is 605 g/mol. The first-order valence-electron chi connectivity index (χ1n) is 11.6. The number of amides is 2. The molecule has 5 nitrogen and oxygen atoms in total. The molecule has 3 rings (SSSR count). The van der Waals surface area contributed by atoms with Crippen molar-refractivity contribution in [3.05, 3.63) is 98.6 Å². The minimum absolute atomic E-state index is 0.0129. The van der Waals surface area contributed by atoms with Crippen LogP contribution in [-0.2, 0) is 22.6 Å². The summed E-state index contributed by atoms with van der Waals surface area (Å²) in [4.78, 5) is 28.6. The van der Waals surface area contributed by atoms with E-state index in [2.05, 4.69) is 27.9 Å². The van der Waals surface area contributed by atoms with Crippen molar-refractivity contribution in [2.75, 3.05) is 6.61 Å². The van der Waals surface area contributed by atoms with Gasteiger partial charge in [0.1, 0.15) is 11.8 Å². The van der Waals surface area contributed by atoms with Gasteiger partial charge in [0.2, 0.25) is 5.91 Å². The molecule has 0 saturated heterocycles. The van der Waals surface area contributed by atoms with E-state index in [0.717, 1.165) is 21.1 Å². The van der Waals surface area contributed by atoms with Crippen molar-refractivity contribution in [1.82, 2.24) is 10.2 Å². The van der Waals surface area contributed by atoms with Crippen LogP contribution in [0.1, 0.15) is 31.4 Å². The summed E-state index contributed by atoms with van der Waals surface area (Å²) in [5.41, 5.74) is 1.73. The van der Waals surface area contributed by atoms with Crippen LogP contribution in [0.5, 0.6) is 5.75 Å². The van der Waals surface area contributed by atoms with Gasteiger partial charge >= 0.3 is 0 Å². The normalized spacial score (nSPS) is 12.5. The molecule has 35 heavy (non-hydrogen) atoms. The Morgan fingerprint density at radius 2 is 1.66 bits per heavy atom. The van der Waals surface area contributed by atoms with Gasteiger partial charge in [-0.05, 0) is 77.4 Å². The van der Waals surface area contributed by atoms with E-state index in [4.69, 9.17) is 16.3 Å². The summed E-state index contributed by atoms with van der Waals surface area (Å²) >= 11 is 8.66. The van der Waals surface area contributed by atoms with Crippen LogP contribution in [0.3, 0.4) is 0 Å². The largest absolute Gasteiger partial charge is 0.484 e. The monoisotopic (exact) mass is 604 g/mol. The second-order valence-electron chi connectivity index (χ2n) is 8.38. The van der Waals surface area contributed by atoms with Crippen molar-refractivity contribution in [2.45, 2.75) is 45.3 Å². The van der Waals surface area contributed by atoms with Crippen molar-refractivity contribution >= 4 is 46.0 Å². The average Bonchev–Trinajstić information content (AvgIpc) is 2.87. The molecule has 0 fully saturated rings. The molecule has 0 aromatic heterocycles. The van der Waals surface area contributed by atoms with E-state index in [1.54, 1.807) is 11.0 Å². The van der Waals surface area contributed by atoms with Gasteiger partial charge in [0.25, 0.3) is 5.91 Å². The van der Waals surface area contributed by atoms with Gasteiger partial charge in [-0.1, -0.05) is 67.1 Å². The van der Waals surface area contributed by atoms with E-state index in [9.17, 15) is 9.59 Å². The number of rotatable bonds is 11. The molecule has 7 heteroatoms. The number of nitrogens with one attached hydrogen (secondary N) is 1. The first-order chi connectivity index (χ1) is 16.9. The van der Waals surface area contributed by atoms with E-state index in [1.165, 1.54) is 0 Å². The fourth-order valence-corrected chi connectivity index (χ4v) is 4.12. The Morgan fingerprint density at radius 1 is 1.00 bits per heavy atom. The van der Waals surface area contributed by atoms with Gasteiger partial charge < -0.3 is 15.0 Å². The fourth-order valence-electron chi connectivity index (χ4n) is 3.56. The maximum atomic E-state index is 13.6. The minimum Gasteiger partial charge on any atom is -0.484 e. The smallest absolute Gasteiger partial charge is 0.261 e. The van der Waals surface area contributed by atoms with Gasteiger partial charge in [0.05, 0.1) is 0 Å². The lowest BCUT2D eigenvalue weighted by Crippen LogP contribution is -2.53. The lowest BCUT2D eigenvalue weighted by Gasteiger charge is -2.32. The zero-order chi connectivity index (χ0) is 25.2. The highest BCUT2D eigenvalue weighted by molar-refractivity contribution is 14.1. The quantitative estimate of drug-likeness (QED) is 0.278. The molecule has 1 N–H and O–H groups in total. The molecule has 0 radical (unpaired) electrons. The third kappa shape index (κ3) is 8.25. The number of hydrogen-bond acceptors (Lipinski definition) is 3. The molecule has 3 aromatic rings. The molecule has 184 valence electrons. The van der Waals surface area contributed by atoms with Crippen molar-refractivity contribution in [3.63, 3.8) is 0 Å². The molecule has 2 amide bonds. The second-order valence-corrected chi connectivity index (χ2v) is 10.0. The van der Waals surface area contributed by atoms with Crippen LogP contribution >= 0.6 is 34.2 Å². The van der Waals surface area contributed by atoms with Gasteiger partial charge in [-0.15, -0.1) is 0 Å². The SMILES string of the molecule is CC[C@@H](C)NC(=O)[C@H](Cc1ccccc1)N(Cc1ccccc1Cl)C(=O)COc1ccc(I)cc1. The highest BCUT2D eigenvalue weighted by atomic mass is 127. The molecule has 3 aromatic carbocycles. The molecule has 0 spiro atoms. The molecular weight excluding hydrogens is 575 g/mol. The van der Waals surface area contributed by atoms with Gasteiger partial charge in [-0.25, -0.2) is 0 Å². The number of carbonyl (C=O) groups is 2. The predicted octanol–water partition coefficient (Wildman–Crippen LogP) is 5.88. The van der Waals surface area contributed by atoms with Crippen LogP contribution in [0, 0.1) is 3.57 Å². The van der Waals surface area contributed by atoms with Crippen molar-refractivity contribution in [1.29, 1.82) is 0 Å². The Balaban J connectivity index is 1.91. The topological polar surface area (TPSA) is 58.6 Å². The molecule has 0 unspecified atom stereocenters. The highest BCUT2D eigenvalue weighted by Gasteiger charge is 2.31. The zero-order valence-electron chi connectivity index (χ0n) is 19.9. The summed E-state index contributed by atoms with van der Waals surface area (Å²) in [5, 5.41) is 3.60. The van der Waals surface area contributed by atoms with Crippen LogP contribution in [-0.4, -0.2) is 35.4 Å². The number of carbonyl (C=O) groups excluding carboxylic acids is 2. The molecule has 0 aliphatic heterocycles. The standard InChI is InChI=1S/C28H30ClIN2O3/c1-3-20(2)31-28(34)26(17-21-9-5-4-6-10-21)32(18-22-11-7-8-12-25(22)29)27(33)19-35-24-15-13-23(30)14-16-24/h4-16,20,26H,3,17-19H2,1-2H3,(H,31,34)/t20-,26+/m1/s1. The number of halogens is 2. The highest BCUT2D eigenvalue weighted by Crippen LogP contribution is 2.21. The number of hydrogen-bond donors (Lipinski definition) is 1. The summed E-state index contributed by atoms with van der Waals surface area (Å²) in [5.74, 6) is 0.113. The van der Waals surface area contributed by atoms with E-state index in [1.807, 2.05) is 86.6 Å². The fraction of sp³-hybridized carbons (Fsp3) is 0.286. The Kier molecular flexibility index (Phi) is 10.4. The molecule has 2 atom stereocenters. The van der Waals surface area contributed by atoms with Gasteiger partial charge in [0.15, 0.2) is 6.61 Å². The number of ether oxygens (including phenoxy) is 1.